The fourth-order valence-electron chi connectivity index (χ4n) is 1.76. The highest BCUT2D eigenvalue weighted by molar-refractivity contribution is 7.18. The molecule has 2 heterocycles. The van der Waals surface area contributed by atoms with Crippen LogP contribution in [0.1, 0.15) is 23.5 Å². The van der Waals surface area contributed by atoms with Gasteiger partial charge in [-0.3, -0.25) is 4.79 Å². The smallest absolute Gasteiger partial charge is 0.267 e. The molecule has 2 N–H and O–H groups in total. The standard InChI is InChI=1S/C12H20N4O2S/c1-8(2)15(3)11(17)9-10(13)14-12(19-9)16-4-6-18-7-5-16/h8H,4-7,13H2,1-3H3. The Labute approximate surface area is 117 Å². The zero-order valence-corrected chi connectivity index (χ0v) is 12.4. The molecular weight excluding hydrogens is 264 g/mol. The number of nitrogens with zero attached hydrogens (tertiary/aromatic N) is 3. The van der Waals surface area contributed by atoms with Crippen molar-refractivity contribution >= 4 is 28.2 Å². The van der Waals surface area contributed by atoms with Gasteiger partial charge in [-0.15, -0.1) is 0 Å². The van der Waals surface area contributed by atoms with Gasteiger partial charge < -0.3 is 20.3 Å². The van der Waals surface area contributed by atoms with E-state index in [1.54, 1.807) is 11.9 Å². The van der Waals surface area contributed by atoms with Gasteiger partial charge in [0.25, 0.3) is 5.91 Å². The van der Waals surface area contributed by atoms with Gasteiger partial charge in [0.05, 0.1) is 13.2 Å². The minimum Gasteiger partial charge on any atom is -0.382 e. The molecule has 0 unspecified atom stereocenters. The highest BCUT2D eigenvalue weighted by Gasteiger charge is 2.24. The number of anilines is 2. The summed E-state index contributed by atoms with van der Waals surface area (Å²) >= 11 is 1.36. The maximum atomic E-state index is 12.3. The maximum absolute atomic E-state index is 12.3. The zero-order chi connectivity index (χ0) is 14.0. The molecule has 1 aliphatic heterocycles. The largest absolute Gasteiger partial charge is 0.382 e. The van der Waals surface area contributed by atoms with Gasteiger partial charge in [-0.05, 0) is 13.8 Å². The predicted molar refractivity (Wildman–Crippen MR) is 76.8 cm³/mol. The first-order valence-electron chi connectivity index (χ1n) is 6.37. The third-order valence-electron chi connectivity index (χ3n) is 3.21. The van der Waals surface area contributed by atoms with E-state index in [1.807, 2.05) is 13.8 Å². The van der Waals surface area contributed by atoms with Gasteiger partial charge in [0.15, 0.2) is 5.13 Å². The number of nitrogens with two attached hydrogens (primary N) is 1. The monoisotopic (exact) mass is 284 g/mol. The average molecular weight is 284 g/mol. The van der Waals surface area contributed by atoms with E-state index in [1.165, 1.54) is 11.3 Å². The van der Waals surface area contributed by atoms with Crippen LogP contribution in [0.3, 0.4) is 0 Å². The number of morpholine rings is 1. The van der Waals surface area contributed by atoms with Crippen molar-refractivity contribution in [2.45, 2.75) is 19.9 Å². The lowest BCUT2D eigenvalue weighted by atomic mass is 10.3. The van der Waals surface area contributed by atoms with Crippen LogP contribution in [0, 0.1) is 0 Å². The molecule has 0 saturated carbocycles. The van der Waals surface area contributed by atoms with E-state index in [-0.39, 0.29) is 11.9 Å². The number of thiazole rings is 1. The van der Waals surface area contributed by atoms with E-state index in [4.69, 9.17) is 10.5 Å². The predicted octanol–water partition coefficient (Wildman–Crippen LogP) is 1.04. The van der Waals surface area contributed by atoms with Gasteiger partial charge in [-0.25, -0.2) is 4.98 Å². The van der Waals surface area contributed by atoms with Crippen LogP contribution >= 0.6 is 11.3 Å². The van der Waals surface area contributed by atoms with Crippen LogP contribution in [-0.4, -0.2) is 55.2 Å². The molecular formula is C12H20N4O2S. The maximum Gasteiger partial charge on any atom is 0.267 e. The first-order valence-corrected chi connectivity index (χ1v) is 7.18. The van der Waals surface area contributed by atoms with Gasteiger partial charge in [0, 0.05) is 26.2 Å². The summed E-state index contributed by atoms with van der Waals surface area (Å²) in [4.78, 5) is 20.9. The average Bonchev–Trinajstić information content (AvgIpc) is 2.80. The third kappa shape index (κ3) is 2.98. The lowest BCUT2D eigenvalue weighted by Gasteiger charge is -2.26. The molecule has 0 spiro atoms. The SMILES string of the molecule is CC(C)N(C)C(=O)c1sc(N2CCOCC2)nc1N. The molecule has 1 aromatic heterocycles. The van der Waals surface area contributed by atoms with Crippen molar-refractivity contribution in [3.8, 4) is 0 Å². The molecule has 0 aliphatic carbocycles. The van der Waals surface area contributed by atoms with Gasteiger partial charge >= 0.3 is 0 Å². The molecule has 0 bridgehead atoms. The summed E-state index contributed by atoms with van der Waals surface area (Å²) in [5.74, 6) is 0.258. The lowest BCUT2D eigenvalue weighted by Crippen LogP contribution is -2.36. The second kappa shape index (κ2) is 5.75. The van der Waals surface area contributed by atoms with Crippen LogP contribution in [0.4, 0.5) is 10.9 Å². The number of hydrogen-bond donors (Lipinski definition) is 1. The number of aromatic nitrogens is 1. The molecule has 2 rings (SSSR count). The summed E-state index contributed by atoms with van der Waals surface area (Å²) in [5, 5.41) is 0.807. The van der Waals surface area contributed by atoms with Crippen LogP contribution in [0.2, 0.25) is 0 Å². The summed E-state index contributed by atoms with van der Waals surface area (Å²) in [6.07, 6.45) is 0. The topological polar surface area (TPSA) is 71.7 Å². The summed E-state index contributed by atoms with van der Waals surface area (Å²) < 4.78 is 5.30. The van der Waals surface area contributed by atoms with Crippen molar-refractivity contribution in [2.24, 2.45) is 0 Å². The van der Waals surface area contributed by atoms with E-state index in [0.717, 1.165) is 18.2 Å². The molecule has 106 valence electrons. The van der Waals surface area contributed by atoms with Crippen molar-refractivity contribution in [1.29, 1.82) is 0 Å². The Bertz CT molecular complexity index is 455. The van der Waals surface area contributed by atoms with Crippen molar-refractivity contribution in [2.75, 3.05) is 44.0 Å². The molecule has 1 fully saturated rings. The lowest BCUT2D eigenvalue weighted by molar-refractivity contribution is 0.0760. The Balaban J connectivity index is 2.18. The number of ether oxygens (including phenoxy) is 1. The summed E-state index contributed by atoms with van der Waals surface area (Å²) in [5.41, 5.74) is 5.88. The number of rotatable bonds is 3. The Kier molecular flexibility index (Phi) is 4.26. The van der Waals surface area contributed by atoms with Crippen LogP contribution in [0.5, 0.6) is 0 Å². The second-order valence-electron chi connectivity index (χ2n) is 4.82. The van der Waals surface area contributed by atoms with Crippen molar-refractivity contribution in [1.82, 2.24) is 9.88 Å². The van der Waals surface area contributed by atoms with Gasteiger partial charge in [0.1, 0.15) is 10.7 Å². The van der Waals surface area contributed by atoms with Crippen LogP contribution in [0.15, 0.2) is 0 Å². The second-order valence-corrected chi connectivity index (χ2v) is 5.80. The normalized spacial score (nSPS) is 15.9. The Morgan fingerprint density at radius 2 is 2.11 bits per heavy atom. The van der Waals surface area contributed by atoms with Gasteiger partial charge in [-0.2, -0.15) is 0 Å². The van der Waals surface area contributed by atoms with E-state index >= 15 is 0 Å². The molecule has 6 nitrogen and oxygen atoms in total. The van der Waals surface area contributed by atoms with Crippen molar-refractivity contribution in [3.63, 3.8) is 0 Å². The quantitative estimate of drug-likeness (QED) is 0.898. The Hall–Kier alpha value is -1.34. The number of hydrogen-bond acceptors (Lipinski definition) is 6. The fourth-order valence-corrected chi connectivity index (χ4v) is 2.78. The third-order valence-corrected chi connectivity index (χ3v) is 4.33. The highest BCUT2D eigenvalue weighted by Crippen LogP contribution is 2.29. The minimum absolute atomic E-state index is 0.0653. The van der Waals surface area contributed by atoms with Crippen LogP contribution < -0.4 is 10.6 Å². The number of carbonyl (C=O) groups excluding carboxylic acids is 1. The summed E-state index contributed by atoms with van der Waals surface area (Å²) in [6.45, 7) is 6.90. The minimum atomic E-state index is -0.0653. The van der Waals surface area contributed by atoms with Crippen LogP contribution in [-0.2, 0) is 4.74 Å². The fraction of sp³-hybridized carbons (Fsp3) is 0.667. The molecule has 19 heavy (non-hydrogen) atoms. The molecule has 0 radical (unpaired) electrons. The van der Waals surface area contributed by atoms with E-state index < -0.39 is 0 Å². The summed E-state index contributed by atoms with van der Waals surface area (Å²) in [6, 6.07) is 0.140. The first-order chi connectivity index (χ1) is 9.00. The van der Waals surface area contributed by atoms with Gasteiger partial charge in [-0.1, -0.05) is 11.3 Å². The molecule has 0 atom stereocenters. The van der Waals surface area contributed by atoms with E-state index in [9.17, 15) is 4.79 Å². The molecule has 1 saturated heterocycles. The molecule has 7 heteroatoms. The Morgan fingerprint density at radius 1 is 1.47 bits per heavy atom. The molecule has 1 aliphatic rings. The highest BCUT2D eigenvalue weighted by atomic mass is 32.1. The molecule has 1 aromatic rings. The summed E-state index contributed by atoms with van der Waals surface area (Å²) in [7, 11) is 1.78. The number of nitrogen functional groups attached to an aromatic ring is 1. The van der Waals surface area contributed by atoms with E-state index in [2.05, 4.69) is 9.88 Å². The number of amides is 1. The van der Waals surface area contributed by atoms with Crippen molar-refractivity contribution < 1.29 is 9.53 Å². The van der Waals surface area contributed by atoms with Crippen LogP contribution in [0.25, 0.3) is 0 Å². The van der Waals surface area contributed by atoms with Crippen molar-refractivity contribution in [3.05, 3.63) is 4.88 Å². The first kappa shape index (κ1) is 14.1. The van der Waals surface area contributed by atoms with Gasteiger partial charge in [0.2, 0.25) is 0 Å². The molecule has 0 aromatic carbocycles. The Morgan fingerprint density at radius 3 is 2.68 bits per heavy atom. The number of carbonyl (C=O) groups is 1. The molecule has 1 amide bonds. The van der Waals surface area contributed by atoms with E-state index in [0.29, 0.717) is 23.9 Å². The zero-order valence-electron chi connectivity index (χ0n) is 11.5.